The Labute approximate surface area is 102 Å². The van der Waals surface area contributed by atoms with Crippen molar-refractivity contribution in [3.8, 4) is 0 Å². The van der Waals surface area contributed by atoms with Crippen molar-refractivity contribution in [3.63, 3.8) is 0 Å². The molecule has 1 aliphatic carbocycles. The van der Waals surface area contributed by atoms with Crippen LogP contribution in [0.3, 0.4) is 0 Å². The first-order valence-electron chi connectivity index (χ1n) is 6.24. The molecule has 1 aromatic rings. The van der Waals surface area contributed by atoms with E-state index in [9.17, 15) is 4.79 Å². The van der Waals surface area contributed by atoms with Crippen molar-refractivity contribution in [2.45, 2.75) is 38.8 Å². The van der Waals surface area contributed by atoms with E-state index < -0.39 is 0 Å². The van der Waals surface area contributed by atoms with Crippen molar-refractivity contribution < 1.29 is 4.79 Å². The Balaban J connectivity index is 1.90. The molecule has 94 valence electrons. The maximum atomic E-state index is 11.9. The first-order valence-corrected chi connectivity index (χ1v) is 6.24. The predicted molar refractivity (Wildman–Crippen MR) is 67.3 cm³/mol. The Kier molecular flexibility index (Phi) is 3.52. The van der Waals surface area contributed by atoms with Crippen LogP contribution in [0, 0.1) is 12.8 Å². The first kappa shape index (κ1) is 12.2. The third-order valence-corrected chi connectivity index (χ3v) is 3.83. The van der Waals surface area contributed by atoms with Gasteiger partial charge in [0.1, 0.15) is 0 Å². The number of aromatic nitrogens is 1. The molecule has 0 aliphatic heterocycles. The highest BCUT2D eigenvalue weighted by Crippen LogP contribution is 2.24. The molecule has 0 radical (unpaired) electrons. The molecule has 1 amide bonds. The van der Waals surface area contributed by atoms with E-state index in [1.807, 2.05) is 13.1 Å². The van der Waals surface area contributed by atoms with Gasteiger partial charge in [-0.15, -0.1) is 0 Å². The number of nitrogens with zero attached hydrogens (tertiary/aromatic N) is 1. The molecule has 0 spiro atoms. The van der Waals surface area contributed by atoms with Crippen molar-refractivity contribution in [3.05, 3.63) is 23.5 Å². The van der Waals surface area contributed by atoms with Crippen LogP contribution in [-0.2, 0) is 18.4 Å². The number of aryl methyl sites for hydroxylation is 1. The second-order valence-corrected chi connectivity index (χ2v) is 4.94. The summed E-state index contributed by atoms with van der Waals surface area (Å²) in [5.74, 6) is 0.116. The number of amides is 1. The summed E-state index contributed by atoms with van der Waals surface area (Å²) in [7, 11) is 2.01. The van der Waals surface area contributed by atoms with Gasteiger partial charge in [-0.05, 0) is 31.9 Å². The zero-order valence-corrected chi connectivity index (χ0v) is 10.6. The first-order chi connectivity index (χ1) is 8.09. The molecule has 4 heteroatoms. The van der Waals surface area contributed by atoms with Gasteiger partial charge in [0.25, 0.3) is 0 Å². The van der Waals surface area contributed by atoms with Crippen LogP contribution in [0.2, 0.25) is 0 Å². The molecule has 0 bridgehead atoms. The second-order valence-electron chi connectivity index (χ2n) is 4.94. The standard InChI is InChI=1S/C13H21N3O/c1-9-6-7-10(16(9)2)8-15-13(17)11-4-3-5-12(11)14/h6-7,11-12H,3-5,8,14H2,1-2H3,(H,15,17). The summed E-state index contributed by atoms with van der Waals surface area (Å²) in [4.78, 5) is 11.9. The average Bonchev–Trinajstić information content (AvgIpc) is 2.85. The molecule has 4 nitrogen and oxygen atoms in total. The fourth-order valence-electron chi connectivity index (χ4n) is 2.47. The summed E-state index contributed by atoms with van der Waals surface area (Å²) in [6, 6.07) is 4.15. The van der Waals surface area contributed by atoms with Gasteiger partial charge in [0.2, 0.25) is 5.91 Å². The monoisotopic (exact) mass is 235 g/mol. The fraction of sp³-hybridized carbons (Fsp3) is 0.615. The maximum absolute atomic E-state index is 11.9. The van der Waals surface area contributed by atoms with Crippen molar-refractivity contribution in [1.29, 1.82) is 0 Å². The van der Waals surface area contributed by atoms with Gasteiger partial charge in [0, 0.05) is 24.5 Å². The van der Waals surface area contributed by atoms with Crippen molar-refractivity contribution in [1.82, 2.24) is 9.88 Å². The summed E-state index contributed by atoms with van der Waals surface area (Å²) < 4.78 is 2.09. The molecule has 1 heterocycles. The molecule has 0 aromatic carbocycles. The molecule has 3 N–H and O–H groups in total. The molecule has 0 saturated heterocycles. The molecular formula is C13H21N3O. The third kappa shape index (κ3) is 2.52. The Morgan fingerprint density at radius 2 is 2.29 bits per heavy atom. The minimum absolute atomic E-state index is 0.0105. The van der Waals surface area contributed by atoms with Gasteiger partial charge in [-0.25, -0.2) is 0 Å². The van der Waals surface area contributed by atoms with Crippen LogP contribution < -0.4 is 11.1 Å². The number of hydrogen-bond donors (Lipinski definition) is 2. The zero-order valence-electron chi connectivity index (χ0n) is 10.6. The smallest absolute Gasteiger partial charge is 0.224 e. The van der Waals surface area contributed by atoms with Crippen molar-refractivity contribution in [2.24, 2.45) is 18.7 Å². The van der Waals surface area contributed by atoms with Crippen LogP contribution in [0.15, 0.2) is 12.1 Å². The van der Waals surface area contributed by atoms with E-state index in [0.29, 0.717) is 6.54 Å². The molecule has 1 aromatic heterocycles. The van der Waals surface area contributed by atoms with Gasteiger partial charge in [-0.3, -0.25) is 4.79 Å². The van der Waals surface area contributed by atoms with E-state index >= 15 is 0 Å². The van der Waals surface area contributed by atoms with Crippen LogP contribution in [0.4, 0.5) is 0 Å². The summed E-state index contributed by atoms with van der Waals surface area (Å²) in [5.41, 5.74) is 8.24. The lowest BCUT2D eigenvalue weighted by atomic mass is 10.0. The van der Waals surface area contributed by atoms with Gasteiger partial charge in [0.05, 0.1) is 12.5 Å². The summed E-state index contributed by atoms with van der Waals surface area (Å²) in [5, 5.41) is 2.99. The van der Waals surface area contributed by atoms with Crippen LogP contribution in [0.25, 0.3) is 0 Å². The van der Waals surface area contributed by atoms with E-state index in [4.69, 9.17) is 5.73 Å². The topological polar surface area (TPSA) is 60.1 Å². The molecule has 1 fully saturated rings. The number of carbonyl (C=O) groups is 1. The van der Waals surface area contributed by atoms with Gasteiger partial charge < -0.3 is 15.6 Å². The SMILES string of the molecule is Cc1ccc(CNC(=O)C2CCCC2N)n1C. The van der Waals surface area contributed by atoms with E-state index in [1.165, 1.54) is 5.69 Å². The van der Waals surface area contributed by atoms with Crippen molar-refractivity contribution >= 4 is 5.91 Å². The van der Waals surface area contributed by atoms with Crippen LogP contribution in [-0.4, -0.2) is 16.5 Å². The molecule has 1 saturated carbocycles. The fourth-order valence-corrected chi connectivity index (χ4v) is 2.47. The largest absolute Gasteiger partial charge is 0.350 e. The molecule has 1 aliphatic rings. The van der Waals surface area contributed by atoms with Gasteiger partial charge in [-0.2, -0.15) is 0 Å². The number of hydrogen-bond acceptors (Lipinski definition) is 2. The van der Waals surface area contributed by atoms with Crippen LogP contribution >= 0.6 is 0 Å². The Morgan fingerprint density at radius 3 is 2.82 bits per heavy atom. The van der Waals surface area contributed by atoms with Gasteiger partial charge in [0.15, 0.2) is 0 Å². The number of carbonyl (C=O) groups excluding carboxylic acids is 1. The van der Waals surface area contributed by atoms with E-state index in [0.717, 1.165) is 25.0 Å². The minimum atomic E-state index is 0.0105. The second kappa shape index (κ2) is 4.92. The van der Waals surface area contributed by atoms with E-state index in [-0.39, 0.29) is 17.9 Å². The van der Waals surface area contributed by atoms with E-state index in [1.54, 1.807) is 0 Å². The predicted octanol–water partition coefficient (Wildman–Crippen LogP) is 1.08. The Morgan fingerprint density at radius 1 is 1.53 bits per heavy atom. The summed E-state index contributed by atoms with van der Waals surface area (Å²) >= 11 is 0. The number of rotatable bonds is 3. The average molecular weight is 235 g/mol. The molecule has 17 heavy (non-hydrogen) atoms. The summed E-state index contributed by atoms with van der Waals surface area (Å²) in [6.07, 6.45) is 2.98. The lowest BCUT2D eigenvalue weighted by molar-refractivity contribution is -0.125. The maximum Gasteiger partial charge on any atom is 0.224 e. The van der Waals surface area contributed by atoms with Gasteiger partial charge >= 0.3 is 0 Å². The molecule has 2 unspecified atom stereocenters. The lowest BCUT2D eigenvalue weighted by Crippen LogP contribution is -2.38. The lowest BCUT2D eigenvalue weighted by Gasteiger charge is -2.15. The normalized spacial score (nSPS) is 23.9. The number of nitrogens with one attached hydrogen (secondary N) is 1. The van der Waals surface area contributed by atoms with Crippen LogP contribution in [0.5, 0.6) is 0 Å². The third-order valence-electron chi connectivity index (χ3n) is 3.83. The molecule has 2 rings (SSSR count). The Hall–Kier alpha value is -1.29. The molecule has 2 atom stereocenters. The summed E-state index contributed by atoms with van der Waals surface area (Å²) in [6.45, 7) is 2.64. The quantitative estimate of drug-likeness (QED) is 0.823. The van der Waals surface area contributed by atoms with E-state index in [2.05, 4.69) is 22.9 Å². The highest BCUT2D eigenvalue weighted by atomic mass is 16.1. The minimum Gasteiger partial charge on any atom is -0.350 e. The van der Waals surface area contributed by atoms with Gasteiger partial charge in [-0.1, -0.05) is 6.42 Å². The molecular weight excluding hydrogens is 214 g/mol. The number of nitrogens with two attached hydrogens (primary N) is 1. The zero-order chi connectivity index (χ0) is 12.4. The van der Waals surface area contributed by atoms with Crippen LogP contribution in [0.1, 0.15) is 30.7 Å². The highest BCUT2D eigenvalue weighted by Gasteiger charge is 2.29. The highest BCUT2D eigenvalue weighted by molar-refractivity contribution is 5.79. The Bertz CT molecular complexity index is 411. The van der Waals surface area contributed by atoms with Crippen molar-refractivity contribution in [2.75, 3.05) is 0 Å².